The number of hydrogen-bond donors (Lipinski definition) is 1. The molecule has 2 heteroatoms. The van der Waals surface area contributed by atoms with E-state index in [-0.39, 0.29) is 0 Å². The third-order valence-electron chi connectivity index (χ3n) is 5.46. The second-order valence-electron chi connectivity index (χ2n) is 7.17. The lowest BCUT2D eigenvalue weighted by atomic mass is 9.78. The van der Waals surface area contributed by atoms with E-state index in [1.165, 1.54) is 50.6 Å². The maximum Gasteiger partial charge on any atom is 0.0587 e. The number of fused-ring (bicyclic) bond motifs is 1. The Morgan fingerprint density at radius 2 is 1.95 bits per heavy atom. The predicted octanol–water partition coefficient (Wildman–Crippen LogP) is 3.66. The predicted molar refractivity (Wildman–Crippen MR) is 87.4 cm³/mol. The van der Waals surface area contributed by atoms with Crippen LogP contribution in [0.15, 0.2) is 30.3 Å². The SMILES string of the molecule is COCCNCC1(CCCc2ccccc2)CC2CC2C1. The van der Waals surface area contributed by atoms with Crippen LogP contribution in [0, 0.1) is 17.3 Å². The number of ether oxygens (including phenoxy) is 1. The molecule has 0 aliphatic heterocycles. The molecule has 1 N–H and O–H groups in total. The van der Waals surface area contributed by atoms with E-state index in [9.17, 15) is 0 Å². The molecule has 21 heavy (non-hydrogen) atoms. The van der Waals surface area contributed by atoms with E-state index < -0.39 is 0 Å². The zero-order chi connectivity index (χ0) is 14.5. The smallest absolute Gasteiger partial charge is 0.0587 e. The lowest BCUT2D eigenvalue weighted by Gasteiger charge is -2.31. The number of benzene rings is 1. The molecule has 0 heterocycles. The molecular formula is C19H29NO. The Bertz CT molecular complexity index is 420. The highest BCUT2D eigenvalue weighted by Gasteiger charge is 2.52. The molecular weight excluding hydrogens is 258 g/mol. The zero-order valence-corrected chi connectivity index (χ0v) is 13.3. The monoisotopic (exact) mass is 287 g/mol. The summed E-state index contributed by atoms with van der Waals surface area (Å²) in [6.45, 7) is 3.01. The number of nitrogens with one attached hydrogen (secondary N) is 1. The number of methoxy groups -OCH3 is 1. The van der Waals surface area contributed by atoms with Gasteiger partial charge in [-0.25, -0.2) is 0 Å². The van der Waals surface area contributed by atoms with Gasteiger partial charge in [0.1, 0.15) is 0 Å². The van der Waals surface area contributed by atoms with Crippen LogP contribution in [0.5, 0.6) is 0 Å². The molecule has 0 radical (unpaired) electrons. The van der Waals surface area contributed by atoms with E-state index >= 15 is 0 Å². The van der Waals surface area contributed by atoms with Gasteiger partial charge in [0.15, 0.2) is 0 Å². The number of hydrogen-bond acceptors (Lipinski definition) is 2. The summed E-state index contributed by atoms with van der Waals surface area (Å²) in [5.41, 5.74) is 2.07. The van der Waals surface area contributed by atoms with Crippen LogP contribution in [-0.4, -0.2) is 26.8 Å². The lowest BCUT2D eigenvalue weighted by molar-refractivity contribution is 0.181. The van der Waals surface area contributed by atoms with Gasteiger partial charge in [0.2, 0.25) is 0 Å². The summed E-state index contributed by atoms with van der Waals surface area (Å²) >= 11 is 0. The maximum absolute atomic E-state index is 5.15. The molecule has 1 aromatic rings. The van der Waals surface area contributed by atoms with Gasteiger partial charge in [-0.15, -0.1) is 0 Å². The van der Waals surface area contributed by atoms with Crippen molar-refractivity contribution < 1.29 is 4.74 Å². The summed E-state index contributed by atoms with van der Waals surface area (Å²) in [5, 5.41) is 3.63. The Kier molecular flexibility index (Phi) is 4.97. The highest BCUT2D eigenvalue weighted by molar-refractivity contribution is 5.14. The molecule has 2 fully saturated rings. The van der Waals surface area contributed by atoms with Gasteiger partial charge in [-0.2, -0.15) is 0 Å². The molecule has 2 saturated carbocycles. The summed E-state index contributed by atoms with van der Waals surface area (Å²) in [6.07, 6.45) is 8.39. The van der Waals surface area contributed by atoms with Gasteiger partial charge < -0.3 is 10.1 Å². The summed E-state index contributed by atoms with van der Waals surface area (Å²) in [5.74, 6) is 2.12. The van der Waals surface area contributed by atoms with E-state index in [1.807, 2.05) is 0 Å². The highest BCUT2D eigenvalue weighted by Crippen LogP contribution is 2.61. The molecule has 0 saturated heterocycles. The fourth-order valence-electron chi connectivity index (χ4n) is 4.28. The highest BCUT2D eigenvalue weighted by atomic mass is 16.5. The van der Waals surface area contributed by atoms with Crippen molar-refractivity contribution in [1.82, 2.24) is 5.32 Å². The first kappa shape index (κ1) is 15.1. The minimum atomic E-state index is 0.579. The van der Waals surface area contributed by atoms with Crippen molar-refractivity contribution in [2.45, 2.75) is 38.5 Å². The molecule has 3 rings (SSSR count). The summed E-state index contributed by atoms with van der Waals surface area (Å²) in [6, 6.07) is 10.9. The molecule has 0 aromatic heterocycles. The Hall–Kier alpha value is -0.860. The largest absolute Gasteiger partial charge is 0.383 e. The topological polar surface area (TPSA) is 21.3 Å². The van der Waals surface area contributed by atoms with Gasteiger partial charge in [-0.3, -0.25) is 0 Å². The van der Waals surface area contributed by atoms with E-state index in [2.05, 4.69) is 35.6 Å². The van der Waals surface area contributed by atoms with Crippen LogP contribution in [0.3, 0.4) is 0 Å². The lowest BCUT2D eigenvalue weighted by Crippen LogP contribution is -2.35. The van der Waals surface area contributed by atoms with Gasteiger partial charge in [0, 0.05) is 20.2 Å². The van der Waals surface area contributed by atoms with Gasteiger partial charge in [-0.1, -0.05) is 30.3 Å². The van der Waals surface area contributed by atoms with E-state index in [1.54, 1.807) is 7.11 Å². The summed E-state index contributed by atoms with van der Waals surface area (Å²) in [7, 11) is 1.78. The van der Waals surface area contributed by atoms with Gasteiger partial charge in [0.25, 0.3) is 0 Å². The average molecular weight is 287 g/mol. The van der Waals surface area contributed by atoms with E-state index in [0.717, 1.165) is 25.0 Å². The molecule has 0 spiro atoms. The Morgan fingerprint density at radius 1 is 1.19 bits per heavy atom. The standard InChI is InChI=1S/C19H29NO/c1-21-11-10-20-15-19(13-17-12-18(17)14-19)9-5-8-16-6-3-2-4-7-16/h2-4,6-7,17-18,20H,5,8-15H2,1H3. The van der Waals surface area contributed by atoms with E-state index in [4.69, 9.17) is 4.74 Å². The average Bonchev–Trinajstić information content (AvgIpc) is 3.13. The van der Waals surface area contributed by atoms with Crippen molar-refractivity contribution in [2.24, 2.45) is 17.3 Å². The third-order valence-corrected chi connectivity index (χ3v) is 5.46. The van der Waals surface area contributed by atoms with E-state index in [0.29, 0.717) is 5.41 Å². The Labute approximate surface area is 129 Å². The van der Waals surface area contributed by atoms with Crippen LogP contribution in [0.25, 0.3) is 0 Å². The first-order valence-electron chi connectivity index (χ1n) is 8.55. The molecule has 1 aromatic carbocycles. The zero-order valence-electron chi connectivity index (χ0n) is 13.3. The van der Waals surface area contributed by atoms with Crippen molar-refractivity contribution in [2.75, 3.05) is 26.8 Å². The Balaban J connectivity index is 1.46. The fourth-order valence-corrected chi connectivity index (χ4v) is 4.28. The second kappa shape index (κ2) is 6.93. The minimum Gasteiger partial charge on any atom is -0.383 e. The molecule has 2 aliphatic carbocycles. The van der Waals surface area contributed by atoms with Crippen LogP contribution in [0.2, 0.25) is 0 Å². The van der Waals surface area contributed by atoms with Gasteiger partial charge >= 0.3 is 0 Å². The maximum atomic E-state index is 5.15. The van der Waals surface area contributed by atoms with Crippen molar-refractivity contribution in [3.05, 3.63) is 35.9 Å². The number of aryl methyl sites for hydroxylation is 1. The molecule has 0 bridgehead atoms. The molecule has 2 atom stereocenters. The van der Waals surface area contributed by atoms with Crippen molar-refractivity contribution >= 4 is 0 Å². The quantitative estimate of drug-likeness (QED) is 0.700. The van der Waals surface area contributed by atoms with Crippen LogP contribution in [0.4, 0.5) is 0 Å². The molecule has 2 nitrogen and oxygen atoms in total. The van der Waals surface area contributed by atoms with Crippen molar-refractivity contribution in [3.63, 3.8) is 0 Å². The summed E-state index contributed by atoms with van der Waals surface area (Å²) < 4.78 is 5.15. The first-order chi connectivity index (χ1) is 10.3. The van der Waals surface area contributed by atoms with Gasteiger partial charge in [0.05, 0.1) is 6.61 Å². The van der Waals surface area contributed by atoms with Crippen LogP contribution >= 0.6 is 0 Å². The van der Waals surface area contributed by atoms with Crippen LogP contribution in [-0.2, 0) is 11.2 Å². The summed E-state index contributed by atoms with van der Waals surface area (Å²) in [4.78, 5) is 0. The van der Waals surface area contributed by atoms with Crippen LogP contribution < -0.4 is 5.32 Å². The normalized spacial score (nSPS) is 30.3. The molecule has 2 aliphatic rings. The van der Waals surface area contributed by atoms with Gasteiger partial charge in [-0.05, 0) is 61.3 Å². The van der Waals surface area contributed by atoms with Crippen molar-refractivity contribution in [3.8, 4) is 0 Å². The Morgan fingerprint density at radius 3 is 2.67 bits per heavy atom. The van der Waals surface area contributed by atoms with Crippen LogP contribution in [0.1, 0.15) is 37.7 Å². The third kappa shape index (κ3) is 4.08. The fraction of sp³-hybridized carbons (Fsp3) is 0.684. The number of rotatable bonds is 9. The molecule has 2 unspecified atom stereocenters. The second-order valence-corrected chi connectivity index (χ2v) is 7.17. The van der Waals surface area contributed by atoms with Crippen molar-refractivity contribution in [1.29, 1.82) is 0 Å². The molecule has 116 valence electrons. The minimum absolute atomic E-state index is 0.579. The molecule has 0 amide bonds. The first-order valence-corrected chi connectivity index (χ1v) is 8.55.